The number of nitrogens with one attached hydrogen (secondary N) is 1. The van der Waals surface area contributed by atoms with E-state index < -0.39 is 0 Å². The molecule has 1 amide bonds. The molecule has 0 bridgehead atoms. The van der Waals surface area contributed by atoms with E-state index in [9.17, 15) is 9.90 Å². The van der Waals surface area contributed by atoms with E-state index in [-0.39, 0.29) is 18.1 Å². The topological polar surface area (TPSA) is 68.8 Å². The second-order valence-electron chi connectivity index (χ2n) is 6.71. The summed E-state index contributed by atoms with van der Waals surface area (Å²) < 4.78 is 5.32. The van der Waals surface area contributed by atoms with Crippen LogP contribution in [0.3, 0.4) is 0 Å². The van der Waals surface area contributed by atoms with Gasteiger partial charge in [0.1, 0.15) is 11.4 Å². The number of benzene rings is 1. The van der Waals surface area contributed by atoms with Crippen LogP contribution in [0.2, 0.25) is 0 Å². The van der Waals surface area contributed by atoms with Crippen LogP contribution in [0.25, 0.3) is 0 Å². The molecule has 2 aromatic rings. The summed E-state index contributed by atoms with van der Waals surface area (Å²) in [7, 11) is 5.12. The van der Waals surface area contributed by atoms with Gasteiger partial charge in [0.15, 0.2) is 0 Å². The van der Waals surface area contributed by atoms with Gasteiger partial charge in [-0.05, 0) is 36.2 Å². The van der Waals surface area contributed by atoms with Gasteiger partial charge in [-0.15, -0.1) is 0 Å². The largest absolute Gasteiger partial charge is 0.497 e. The zero-order valence-corrected chi connectivity index (χ0v) is 14.9. The number of H-pyrrole nitrogens is 1. The number of aromatic nitrogens is 1. The molecular formula is C19H25N3O3. The van der Waals surface area contributed by atoms with Gasteiger partial charge in [-0.1, -0.05) is 12.1 Å². The SMILES string of the molecule is COc1cccc(C2CC(O)CN2Cc2ccc(C(=O)N(C)C)[nH]2)c1. The van der Waals surface area contributed by atoms with Gasteiger partial charge in [-0.2, -0.15) is 0 Å². The average Bonchev–Trinajstić information content (AvgIpc) is 3.21. The molecule has 25 heavy (non-hydrogen) atoms. The van der Waals surface area contributed by atoms with E-state index in [1.807, 2.05) is 30.3 Å². The number of likely N-dealkylation sites (tertiary alicyclic amines) is 1. The molecule has 3 rings (SSSR count). The highest BCUT2D eigenvalue weighted by Crippen LogP contribution is 2.34. The van der Waals surface area contributed by atoms with E-state index in [1.54, 1.807) is 26.1 Å². The quantitative estimate of drug-likeness (QED) is 0.872. The number of nitrogens with zero attached hydrogens (tertiary/aromatic N) is 2. The second kappa shape index (κ2) is 7.29. The third-order valence-corrected chi connectivity index (χ3v) is 4.62. The molecule has 134 valence electrons. The highest BCUT2D eigenvalue weighted by molar-refractivity contribution is 5.92. The van der Waals surface area contributed by atoms with Crippen LogP contribution >= 0.6 is 0 Å². The number of rotatable bonds is 5. The van der Waals surface area contributed by atoms with Gasteiger partial charge in [0.05, 0.1) is 13.2 Å². The second-order valence-corrected chi connectivity index (χ2v) is 6.71. The van der Waals surface area contributed by atoms with Gasteiger partial charge in [0.2, 0.25) is 0 Å². The van der Waals surface area contributed by atoms with E-state index >= 15 is 0 Å². The predicted molar refractivity (Wildman–Crippen MR) is 95.6 cm³/mol. The molecule has 2 N–H and O–H groups in total. The molecule has 0 spiro atoms. The Balaban J connectivity index is 1.77. The Bertz CT molecular complexity index is 741. The summed E-state index contributed by atoms with van der Waals surface area (Å²) in [6, 6.07) is 11.8. The van der Waals surface area contributed by atoms with Crippen molar-refractivity contribution < 1.29 is 14.6 Å². The summed E-state index contributed by atoms with van der Waals surface area (Å²) in [5.74, 6) is 0.773. The number of methoxy groups -OCH3 is 1. The molecule has 1 fully saturated rings. The fourth-order valence-electron chi connectivity index (χ4n) is 3.37. The van der Waals surface area contributed by atoms with Crippen molar-refractivity contribution in [2.24, 2.45) is 0 Å². The maximum absolute atomic E-state index is 12.0. The molecule has 6 heteroatoms. The number of carbonyl (C=O) groups excluding carboxylic acids is 1. The molecular weight excluding hydrogens is 318 g/mol. The van der Waals surface area contributed by atoms with Crippen LogP contribution in [-0.2, 0) is 6.54 Å². The van der Waals surface area contributed by atoms with Crippen molar-refractivity contribution in [1.29, 1.82) is 0 Å². The van der Waals surface area contributed by atoms with Crippen molar-refractivity contribution in [2.75, 3.05) is 27.7 Å². The van der Waals surface area contributed by atoms with Gasteiger partial charge in [0, 0.05) is 38.9 Å². The summed E-state index contributed by atoms with van der Waals surface area (Å²) in [4.78, 5) is 19.0. The van der Waals surface area contributed by atoms with Gasteiger partial charge in [-0.3, -0.25) is 9.69 Å². The fraction of sp³-hybridized carbons (Fsp3) is 0.421. The van der Waals surface area contributed by atoms with E-state index in [2.05, 4.69) is 16.0 Å². The Kier molecular flexibility index (Phi) is 5.11. The van der Waals surface area contributed by atoms with Crippen molar-refractivity contribution >= 4 is 5.91 Å². The normalized spacial score (nSPS) is 20.6. The summed E-state index contributed by atoms with van der Waals surface area (Å²) in [5, 5.41) is 10.2. The van der Waals surface area contributed by atoms with Gasteiger partial charge < -0.3 is 19.7 Å². The lowest BCUT2D eigenvalue weighted by molar-refractivity contribution is 0.0822. The van der Waals surface area contributed by atoms with Crippen LogP contribution in [-0.4, -0.2) is 59.7 Å². The van der Waals surface area contributed by atoms with Crippen LogP contribution < -0.4 is 4.74 Å². The molecule has 2 atom stereocenters. The first-order valence-electron chi connectivity index (χ1n) is 8.43. The summed E-state index contributed by atoms with van der Waals surface area (Å²) in [6.07, 6.45) is 0.339. The molecule has 6 nitrogen and oxygen atoms in total. The third-order valence-electron chi connectivity index (χ3n) is 4.62. The zero-order valence-electron chi connectivity index (χ0n) is 14.9. The van der Waals surface area contributed by atoms with E-state index in [4.69, 9.17) is 4.74 Å². The third kappa shape index (κ3) is 3.86. The maximum Gasteiger partial charge on any atom is 0.269 e. The van der Waals surface area contributed by atoms with Gasteiger partial charge in [-0.25, -0.2) is 0 Å². The molecule has 1 saturated heterocycles. The van der Waals surface area contributed by atoms with Crippen LogP contribution in [0.5, 0.6) is 5.75 Å². The van der Waals surface area contributed by atoms with Crippen LogP contribution in [0, 0.1) is 0 Å². The lowest BCUT2D eigenvalue weighted by Crippen LogP contribution is -2.25. The predicted octanol–water partition coefficient (Wildman–Crippen LogP) is 2.03. The lowest BCUT2D eigenvalue weighted by atomic mass is 10.0. The minimum absolute atomic E-state index is 0.0444. The molecule has 1 aliphatic rings. The first-order chi connectivity index (χ1) is 12.0. The van der Waals surface area contributed by atoms with Crippen LogP contribution in [0.1, 0.15) is 34.2 Å². The zero-order chi connectivity index (χ0) is 18.0. The van der Waals surface area contributed by atoms with Crippen LogP contribution in [0.4, 0.5) is 0 Å². The van der Waals surface area contributed by atoms with E-state index in [1.165, 1.54) is 0 Å². The molecule has 0 aliphatic carbocycles. The average molecular weight is 343 g/mol. The number of carbonyl (C=O) groups is 1. The Morgan fingerprint density at radius 2 is 2.16 bits per heavy atom. The first-order valence-corrected chi connectivity index (χ1v) is 8.43. The molecule has 0 saturated carbocycles. The highest BCUT2D eigenvalue weighted by atomic mass is 16.5. The number of amides is 1. The number of hydrogen-bond donors (Lipinski definition) is 2. The molecule has 2 heterocycles. The minimum atomic E-state index is -0.353. The summed E-state index contributed by atoms with van der Waals surface area (Å²) in [5.41, 5.74) is 2.68. The van der Waals surface area contributed by atoms with E-state index in [0.717, 1.165) is 17.0 Å². The maximum atomic E-state index is 12.0. The monoisotopic (exact) mass is 343 g/mol. The van der Waals surface area contributed by atoms with Crippen molar-refractivity contribution in [3.63, 3.8) is 0 Å². The summed E-state index contributed by atoms with van der Waals surface area (Å²) >= 11 is 0. The molecule has 1 aromatic carbocycles. The van der Waals surface area contributed by atoms with Crippen molar-refractivity contribution in [3.05, 3.63) is 53.3 Å². The summed E-state index contributed by atoms with van der Waals surface area (Å²) in [6.45, 7) is 1.26. The van der Waals surface area contributed by atoms with Crippen molar-refractivity contribution in [3.8, 4) is 5.75 Å². The standard InChI is InChI=1S/C19H25N3O3/c1-21(2)19(24)17-8-7-14(20-17)11-22-12-15(23)10-18(22)13-5-4-6-16(9-13)25-3/h4-9,15,18,20,23H,10-12H2,1-3H3. The number of aromatic amines is 1. The van der Waals surface area contributed by atoms with Gasteiger partial charge >= 0.3 is 0 Å². The molecule has 0 radical (unpaired) electrons. The number of β-amino-alcohol motifs (C(OH)–C–C–N with tert-alkyl or cyclic N) is 1. The van der Waals surface area contributed by atoms with Crippen molar-refractivity contribution in [1.82, 2.24) is 14.8 Å². The number of aliphatic hydroxyl groups excluding tert-OH is 1. The number of aliphatic hydroxyl groups is 1. The van der Waals surface area contributed by atoms with Crippen LogP contribution in [0.15, 0.2) is 36.4 Å². The molecule has 1 aliphatic heterocycles. The van der Waals surface area contributed by atoms with E-state index in [0.29, 0.717) is 25.2 Å². The first kappa shape index (κ1) is 17.5. The number of hydrogen-bond acceptors (Lipinski definition) is 4. The number of ether oxygens (including phenoxy) is 1. The lowest BCUT2D eigenvalue weighted by Gasteiger charge is -2.24. The Labute approximate surface area is 148 Å². The Morgan fingerprint density at radius 1 is 1.36 bits per heavy atom. The smallest absolute Gasteiger partial charge is 0.269 e. The minimum Gasteiger partial charge on any atom is -0.497 e. The fourth-order valence-corrected chi connectivity index (χ4v) is 3.37. The molecule has 2 unspecified atom stereocenters. The Morgan fingerprint density at radius 3 is 2.88 bits per heavy atom. The van der Waals surface area contributed by atoms with Gasteiger partial charge in [0.25, 0.3) is 5.91 Å². The molecule has 1 aromatic heterocycles. The van der Waals surface area contributed by atoms with Crippen molar-refractivity contribution in [2.45, 2.75) is 25.1 Å². The highest BCUT2D eigenvalue weighted by Gasteiger charge is 2.32. The Hall–Kier alpha value is -2.31.